The van der Waals surface area contributed by atoms with Gasteiger partial charge in [0, 0.05) is 18.5 Å². The largest absolute Gasteiger partial charge is 0.476 e. The highest BCUT2D eigenvalue weighted by atomic mass is 32.2. The third-order valence-corrected chi connectivity index (χ3v) is 5.29. The number of rotatable bonds is 7. The van der Waals surface area contributed by atoms with Crippen molar-refractivity contribution in [3.63, 3.8) is 0 Å². The van der Waals surface area contributed by atoms with E-state index in [-0.39, 0.29) is 24.0 Å². The van der Waals surface area contributed by atoms with Crippen molar-refractivity contribution in [2.75, 3.05) is 31.0 Å². The molecule has 1 aromatic carbocycles. The lowest BCUT2D eigenvalue weighted by molar-refractivity contribution is -0.128. The number of nitrogens with two attached hydrogens (primary N) is 1. The molecule has 9 nitrogen and oxygen atoms in total. The Kier molecular flexibility index (Phi) is 6.56. The van der Waals surface area contributed by atoms with E-state index < -0.39 is 11.4 Å². The predicted molar refractivity (Wildman–Crippen MR) is 117 cm³/mol. The molecule has 3 N–H and O–H groups in total. The summed E-state index contributed by atoms with van der Waals surface area (Å²) >= 11 is 1.67. The van der Waals surface area contributed by atoms with Crippen LogP contribution in [0.15, 0.2) is 41.7 Å². The first kappa shape index (κ1) is 21.6. The number of carbonyl (C=O) groups excluding carboxylic acids is 2. The summed E-state index contributed by atoms with van der Waals surface area (Å²) in [5, 5.41) is 2.80. The molecule has 0 saturated heterocycles. The molecule has 2 heterocycles. The molecule has 0 fully saturated rings. The Hall–Kier alpha value is -3.14. The molecule has 1 atom stereocenters. The van der Waals surface area contributed by atoms with E-state index in [0.717, 1.165) is 11.3 Å². The number of nitrogens with one attached hydrogen (secondary N) is 1. The molecular formula is C20H24N6O3S. The van der Waals surface area contributed by atoms with Gasteiger partial charge in [-0.3, -0.25) is 14.5 Å². The van der Waals surface area contributed by atoms with E-state index in [0.29, 0.717) is 18.2 Å². The van der Waals surface area contributed by atoms with Crippen molar-refractivity contribution < 1.29 is 14.3 Å². The molecule has 0 bridgehead atoms. The minimum atomic E-state index is -0.802. The summed E-state index contributed by atoms with van der Waals surface area (Å²) in [6.07, 6.45) is 4.97. The number of hydrogen-bond acceptors (Lipinski definition) is 8. The highest BCUT2D eigenvalue weighted by Gasteiger charge is 2.36. The third-order valence-electron chi connectivity index (χ3n) is 4.72. The van der Waals surface area contributed by atoms with Crippen LogP contribution in [-0.4, -0.2) is 58.3 Å². The molecule has 0 radical (unpaired) electrons. The Morgan fingerprint density at radius 3 is 2.83 bits per heavy atom. The highest BCUT2D eigenvalue weighted by molar-refractivity contribution is 7.98. The van der Waals surface area contributed by atoms with Crippen LogP contribution in [0.2, 0.25) is 0 Å². The third kappa shape index (κ3) is 4.88. The van der Waals surface area contributed by atoms with Crippen LogP contribution in [-0.2, 0) is 10.3 Å². The molecule has 10 heteroatoms. The van der Waals surface area contributed by atoms with Crippen molar-refractivity contribution in [2.45, 2.75) is 18.9 Å². The Labute approximate surface area is 179 Å². The monoisotopic (exact) mass is 428 g/mol. The van der Waals surface area contributed by atoms with Crippen molar-refractivity contribution in [2.24, 2.45) is 10.7 Å². The van der Waals surface area contributed by atoms with Crippen molar-refractivity contribution in [3.8, 4) is 5.88 Å². The molecule has 3 rings (SSSR count). The molecule has 0 aliphatic carbocycles. The number of aromatic nitrogens is 2. The van der Waals surface area contributed by atoms with Gasteiger partial charge in [-0.25, -0.2) is 15.0 Å². The van der Waals surface area contributed by atoms with Gasteiger partial charge < -0.3 is 15.8 Å². The second kappa shape index (κ2) is 9.12. The molecule has 1 aromatic heterocycles. The number of nitrogens with zero attached hydrogens (tertiary/aromatic N) is 4. The van der Waals surface area contributed by atoms with Gasteiger partial charge >= 0.3 is 0 Å². The lowest BCUT2D eigenvalue weighted by Gasteiger charge is -2.33. The lowest BCUT2D eigenvalue weighted by Crippen LogP contribution is -2.47. The number of hydrogen-bond donors (Lipinski definition) is 2. The van der Waals surface area contributed by atoms with E-state index in [1.54, 1.807) is 37.0 Å². The topological polar surface area (TPSA) is 123 Å². The van der Waals surface area contributed by atoms with Crippen LogP contribution >= 0.6 is 11.8 Å². The van der Waals surface area contributed by atoms with Gasteiger partial charge in [-0.1, -0.05) is 12.1 Å². The van der Waals surface area contributed by atoms with Gasteiger partial charge in [0.15, 0.2) is 5.96 Å². The fourth-order valence-electron chi connectivity index (χ4n) is 2.94. The number of benzene rings is 1. The Balaban J connectivity index is 1.72. The quantitative estimate of drug-likeness (QED) is 0.645. The number of thioether (sulfide) groups is 1. The summed E-state index contributed by atoms with van der Waals surface area (Å²) in [7, 11) is 1.59. The van der Waals surface area contributed by atoms with E-state index in [4.69, 9.17) is 10.5 Å². The summed E-state index contributed by atoms with van der Waals surface area (Å²) in [5.41, 5.74) is 6.58. The number of anilines is 1. The van der Waals surface area contributed by atoms with E-state index in [9.17, 15) is 9.59 Å². The number of carbonyl (C=O) groups is 2. The standard InChI is InChI=1S/C20H24N6O3S/c1-20(10-17(27)26(2)19(21)25-20)13-5-4-6-14(9-13)24-18(28)15-11-23-16(12-22-15)29-7-8-30-3/h4-6,9,11-12H,7-8,10H2,1-3H3,(H2,21,25)(H,24,28). The number of aliphatic imine (C=N–C) groups is 1. The van der Waals surface area contributed by atoms with E-state index >= 15 is 0 Å². The van der Waals surface area contributed by atoms with Crippen molar-refractivity contribution in [1.82, 2.24) is 14.9 Å². The van der Waals surface area contributed by atoms with Crippen LogP contribution in [0.3, 0.4) is 0 Å². The van der Waals surface area contributed by atoms with E-state index in [1.165, 1.54) is 17.3 Å². The summed E-state index contributed by atoms with van der Waals surface area (Å²) in [5.74, 6) is 0.866. The summed E-state index contributed by atoms with van der Waals surface area (Å²) < 4.78 is 5.44. The van der Waals surface area contributed by atoms with Crippen LogP contribution in [0.25, 0.3) is 0 Å². The van der Waals surface area contributed by atoms with E-state index in [2.05, 4.69) is 20.3 Å². The second-order valence-corrected chi connectivity index (χ2v) is 7.98. The van der Waals surface area contributed by atoms with E-state index in [1.807, 2.05) is 19.2 Å². The highest BCUT2D eigenvalue weighted by Crippen LogP contribution is 2.34. The zero-order valence-corrected chi connectivity index (χ0v) is 17.9. The maximum atomic E-state index is 12.5. The summed E-state index contributed by atoms with van der Waals surface area (Å²) in [6.45, 7) is 2.37. The first-order valence-corrected chi connectivity index (χ1v) is 10.7. The van der Waals surface area contributed by atoms with Gasteiger partial charge in [-0.05, 0) is 30.9 Å². The van der Waals surface area contributed by atoms with Crippen LogP contribution in [0.4, 0.5) is 5.69 Å². The maximum Gasteiger partial charge on any atom is 0.275 e. The number of amides is 2. The average molecular weight is 429 g/mol. The molecule has 1 aliphatic rings. The molecule has 2 amide bonds. The van der Waals surface area contributed by atoms with Crippen LogP contribution in [0.5, 0.6) is 5.88 Å². The SMILES string of the molecule is CSCCOc1cnc(C(=O)Nc2cccc(C3(C)CC(=O)N(C)C(N)=N3)c2)cn1. The van der Waals surface area contributed by atoms with Gasteiger partial charge in [0.05, 0.1) is 31.0 Å². The first-order valence-electron chi connectivity index (χ1n) is 9.30. The first-order chi connectivity index (χ1) is 14.3. The molecule has 0 saturated carbocycles. The zero-order chi connectivity index (χ0) is 21.7. The molecular weight excluding hydrogens is 404 g/mol. The molecule has 158 valence electrons. The lowest BCUT2D eigenvalue weighted by atomic mass is 9.87. The van der Waals surface area contributed by atoms with Crippen LogP contribution in [0.1, 0.15) is 29.4 Å². The van der Waals surface area contributed by atoms with Gasteiger partial charge in [-0.15, -0.1) is 0 Å². The fraction of sp³-hybridized carbons (Fsp3) is 0.350. The van der Waals surface area contributed by atoms with Gasteiger partial charge in [-0.2, -0.15) is 11.8 Å². The summed E-state index contributed by atoms with van der Waals surface area (Å²) in [6, 6.07) is 7.17. The van der Waals surface area contributed by atoms with Crippen molar-refractivity contribution in [3.05, 3.63) is 47.9 Å². The molecule has 2 aromatic rings. The van der Waals surface area contributed by atoms with Gasteiger partial charge in [0.25, 0.3) is 5.91 Å². The minimum Gasteiger partial charge on any atom is -0.476 e. The minimum absolute atomic E-state index is 0.116. The molecule has 0 spiro atoms. The molecule has 30 heavy (non-hydrogen) atoms. The predicted octanol–water partition coefficient (Wildman–Crippen LogP) is 1.86. The zero-order valence-electron chi connectivity index (χ0n) is 17.1. The van der Waals surface area contributed by atoms with Crippen molar-refractivity contribution >= 4 is 35.2 Å². The fourth-order valence-corrected chi connectivity index (χ4v) is 3.19. The number of ether oxygens (including phenoxy) is 1. The number of guanidine groups is 1. The van der Waals surface area contributed by atoms with Crippen molar-refractivity contribution in [1.29, 1.82) is 0 Å². The Morgan fingerprint density at radius 1 is 1.37 bits per heavy atom. The molecule has 1 aliphatic heterocycles. The summed E-state index contributed by atoms with van der Waals surface area (Å²) in [4.78, 5) is 38.8. The smallest absolute Gasteiger partial charge is 0.275 e. The average Bonchev–Trinajstić information content (AvgIpc) is 2.73. The second-order valence-electron chi connectivity index (χ2n) is 6.99. The Morgan fingerprint density at radius 2 is 2.17 bits per heavy atom. The maximum absolute atomic E-state index is 12.5. The van der Waals surface area contributed by atoms with Gasteiger partial charge in [0.1, 0.15) is 5.69 Å². The van der Waals surface area contributed by atoms with Crippen LogP contribution in [0, 0.1) is 0 Å². The van der Waals surface area contributed by atoms with Crippen LogP contribution < -0.4 is 15.8 Å². The Bertz CT molecular complexity index is 965. The van der Waals surface area contributed by atoms with Gasteiger partial charge in [0.2, 0.25) is 11.8 Å². The normalized spacial score (nSPS) is 18.7. The molecule has 1 unspecified atom stereocenters.